The standard InChI is InChI=1S/C13H20N2O/c1-4-16-13-12(8-14-11-5-6-11)9(2)7-10(3)15-13/h7,11,14H,4-6,8H2,1-3H3. The quantitative estimate of drug-likeness (QED) is 0.827. The maximum absolute atomic E-state index is 5.60. The first-order valence-electron chi connectivity index (χ1n) is 6.04. The van der Waals surface area contributed by atoms with Crippen molar-refractivity contribution in [2.24, 2.45) is 0 Å². The van der Waals surface area contributed by atoms with E-state index in [-0.39, 0.29) is 0 Å². The van der Waals surface area contributed by atoms with Gasteiger partial charge in [-0.15, -0.1) is 0 Å². The third-order valence-corrected chi connectivity index (χ3v) is 2.86. The van der Waals surface area contributed by atoms with Crippen molar-refractivity contribution in [1.82, 2.24) is 10.3 Å². The first-order valence-corrected chi connectivity index (χ1v) is 6.04. The predicted octanol–water partition coefficient (Wildman–Crippen LogP) is 2.35. The number of aromatic nitrogens is 1. The van der Waals surface area contributed by atoms with Gasteiger partial charge in [0, 0.05) is 23.8 Å². The Hall–Kier alpha value is -1.09. The number of ether oxygens (including phenoxy) is 1. The van der Waals surface area contributed by atoms with Crippen LogP contribution in [0.2, 0.25) is 0 Å². The maximum atomic E-state index is 5.60. The van der Waals surface area contributed by atoms with E-state index in [0.29, 0.717) is 6.61 Å². The Balaban J connectivity index is 2.16. The lowest BCUT2D eigenvalue weighted by atomic mass is 10.1. The molecule has 1 heterocycles. The zero-order valence-corrected chi connectivity index (χ0v) is 10.3. The van der Waals surface area contributed by atoms with Crippen LogP contribution in [0.15, 0.2) is 6.07 Å². The molecule has 1 fully saturated rings. The normalized spacial score (nSPS) is 15.2. The summed E-state index contributed by atoms with van der Waals surface area (Å²) in [5.41, 5.74) is 3.50. The van der Waals surface area contributed by atoms with E-state index < -0.39 is 0 Å². The molecule has 1 aliphatic carbocycles. The molecule has 16 heavy (non-hydrogen) atoms. The average Bonchev–Trinajstić information content (AvgIpc) is 3.00. The fourth-order valence-corrected chi connectivity index (χ4v) is 1.83. The molecule has 0 spiro atoms. The van der Waals surface area contributed by atoms with Gasteiger partial charge in [-0.05, 0) is 45.2 Å². The smallest absolute Gasteiger partial charge is 0.218 e. The highest BCUT2D eigenvalue weighted by Crippen LogP contribution is 2.24. The van der Waals surface area contributed by atoms with E-state index in [9.17, 15) is 0 Å². The molecule has 0 aliphatic heterocycles. The van der Waals surface area contributed by atoms with Crippen LogP contribution in [0.1, 0.15) is 36.6 Å². The van der Waals surface area contributed by atoms with Crippen LogP contribution in [0, 0.1) is 13.8 Å². The van der Waals surface area contributed by atoms with Gasteiger partial charge in [-0.1, -0.05) is 0 Å². The van der Waals surface area contributed by atoms with Crippen molar-refractivity contribution in [3.8, 4) is 5.88 Å². The van der Waals surface area contributed by atoms with Crippen molar-refractivity contribution in [2.75, 3.05) is 6.61 Å². The van der Waals surface area contributed by atoms with Gasteiger partial charge < -0.3 is 10.1 Å². The lowest BCUT2D eigenvalue weighted by Gasteiger charge is -2.13. The molecule has 1 aromatic rings. The summed E-state index contributed by atoms with van der Waals surface area (Å²) in [5.74, 6) is 0.799. The van der Waals surface area contributed by atoms with Crippen LogP contribution in [-0.4, -0.2) is 17.6 Å². The van der Waals surface area contributed by atoms with Crippen LogP contribution >= 0.6 is 0 Å². The van der Waals surface area contributed by atoms with Crippen LogP contribution in [0.5, 0.6) is 5.88 Å². The molecule has 0 unspecified atom stereocenters. The van der Waals surface area contributed by atoms with Crippen molar-refractivity contribution in [1.29, 1.82) is 0 Å². The predicted molar refractivity (Wildman–Crippen MR) is 64.7 cm³/mol. The van der Waals surface area contributed by atoms with Gasteiger partial charge in [0.25, 0.3) is 0 Å². The summed E-state index contributed by atoms with van der Waals surface area (Å²) >= 11 is 0. The first-order chi connectivity index (χ1) is 7.70. The summed E-state index contributed by atoms with van der Waals surface area (Å²) in [5, 5.41) is 3.51. The number of pyridine rings is 1. The van der Waals surface area contributed by atoms with E-state index in [4.69, 9.17) is 4.74 Å². The highest BCUT2D eigenvalue weighted by Gasteiger charge is 2.21. The highest BCUT2D eigenvalue weighted by molar-refractivity contribution is 5.36. The van der Waals surface area contributed by atoms with Gasteiger partial charge in [0.05, 0.1) is 6.61 Å². The molecular formula is C13H20N2O. The summed E-state index contributed by atoms with van der Waals surface area (Å²) in [6.45, 7) is 7.68. The summed E-state index contributed by atoms with van der Waals surface area (Å²) in [6.07, 6.45) is 2.62. The van der Waals surface area contributed by atoms with E-state index in [0.717, 1.165) is 24.2 Å². The molecule has 0 bridgehead atoms. The van der Waals surface area contributed by atoms with E-state index >= 15 is 0 Å². The van der Waals surface area contributed by atoms with Gasteiger partial charge in [0.1, 0.15) is 0 Å². The molecule has 0 radical (unpaired) electrons. The highest BCUT2D eigenvalue weighted by atomic mass is 16.5. The van der Waals surface area contributed by atoms with Gasteiger partial charge in [-0.25, -0.2) is 4.98 Å². The van der Waals surface area contributed by atoms with E-state index in [1.807, 2.05) is 13.8 Å². The Morgan fingerprint density at radius 3 is 2.81 bits per heavy atom. The number of aryl methyl sites for hydroxylation is 2. The lowest BCUT2D eigenvalue weighted by molar-refractivity contribution is 0.320. The fraction of sp³-hybridized carbons (Fsp3) is 0.615. The topological polar surface area (TPSA) is 34.1 Å². The molecular weight excluding hydrogens is 200 g/mol. The maximum Gasteiger partial charge on any atom is 0.218 e. The molecule has 88 valence electrons. The van der Waals surface area contributed by atoms with Crippen LogP contribution in [0.4, 0.5) is 0 Å². The SMILES string of the molecule is CCOc1nc(C)cc(C)c1CNC1CC1. The van der Waals surface area contributed by atoms with Crippen LogP contribution in [0.25, 0.3) is 0 Å². The van der Waals surface area contributed by atoms with E-state index in [1.165, 1.54) is 24.0 Å². The molecule has 1 saturated carbocycles. The summed E-state index contributed by atoms with van der Waals surface area (Å²) in [4.78, 5) is 4.46. The molecule has 3 nitrogen and oxygen atoms in total. The molecule has 0 atom stereocenters. The van der Waals surface area contributed by atoms with Crippen molar-refractivity contribution in [3.05, 3.63) is 22.9 Å². The van der Waals surface area contributed by atoms with Crippen molar-refractivity contribution < 1.29 is 4.74 Å². The van der Waals surface area contributed by atoms with Gasteiger partial charge in [-0.3, -0.25) is 0 Å². The third kappa shape index (κ3) is 2.73. The molecule has 0 amide bonds. The largest absolute Gasteiger partial charge is 0.478 e. The van der Waals surface area contributed by atoms with Crippen molar-refractivity contribution >= 4 is 0 Å². The summed E-state index contributed by atoms with van der Waals surface area (Å²) in [7, 11) is 0. The average molecular weight is 220 g/mol. The molecule has 1 aliphatic rings. The minimum atomic E-state index is 0.673. The zero-order chi connectivity index (χ0) is 11.5. The number of rotatable bonds is 5. The van der Waals surface area contributed by atoms with Crippen LogP contribution in [0.3, 0.4) is 0 Å². The van der Waals surface area contributed by atoms with Crippen LogP contribution < -0.4 is 10.1 Å². The number of nitrogens with one attached hydrogen (secondary N) is 1. The summed E-state index contributed by atoms with van der Waals surface area (Å²) in [6, 6.07) is 2.84. The van der Waals surface area contributed by atoms with Crippen molar-refractivity contribution in [2.45, 2.75) is 46.2 Å². The van der Waals surface area contributed by atoms with Crippen molar-refractivity contribution in [3.63, 3.8) is 0 Å². The van der Waals surface area contributed by atoms with Gasteiger partial charge in [0.15, 0.2) is 0 Å². The summed E-state index contributed by atoms with van der Waals surface area (Å²) < 4.78 is 5.60. The molecule has 1 N–H and O–H groups in total. The Kier molecular flexibility index (Phi) is 3.44. The second-order valence-corrected chi connectivity index (χ2v) is 4.45. The van der Waals surface area contributed by atoms with Gasteiger partial charge in [0.2, 0.25) is 5.88 Å². The third-order valence-electron chi connectivity index (χ3n) is 2.86. The number of nitrogens with zero attached hydrogens (tertiary/aromatic N) is 1. The Bertz CT molecular complexity index is 372. The second-order valence-electron chi connectivity index (χ2n) is 4.45. The monoisotopic (exact) mass is 220 g/mol. The molecule has 1 aromatic heterocycles. The molecule has 0 saturated heterocycles. The number of hydrogen-bond donors (Lipinski definition) is 1. The molecule has 0 aromatic carbocycles. The second kappa shape index (κ2) is 4.83. The van der Waals surface area contributed by atoms with Gasteiger partial charge >= 0.3 is 0 Å². The minimum absolute atomic E-state index is 0.673. The Morgan fingerprint density at radius 1 is 1.44 bits per heavy atom. The molecule has 3 heteroatoms. The van der Waals surface area contributed by atoms with Gasteiger partial charge in [-0.2, -0.15) is 0 Å². The number of hydrogen-bond acceptors (Lipinski definition) is 3. The first kappa shape index (κ1) is 11.4. The fourth-order valence-electron chi connectivity index (χ4n) is 1.83. The lowest BCUT2D eigenvalue weighted by Crippen LogP contribution is -2.17. The zero-order valence-electron chi connectivity index (χ0n) is 10.3. The van der Waals surface area contributed by atoms with E-state index in [1.54, 1.807) is 0 Å². The van der Waals surface area contributed by atoms with E-state index in [2.05, 4.69) is 23.3 Å². The molecule has 2 rings (SSSR count). The minimum Gasteiger partial charge on any atom is -0.478 e. The Morgan fingerprint density at radius 2 is 2.19 bits per heavy atom. The Labute approximate surface area is 97.2 Å². The van der Waals surface area contributed by atoms with Crippen LogP contribution in [-0.2, 0) is 6.54 Å².